The number of hydrogen-bond donors (Lipinski definition) is 5. The van der Waals surface area contributed by atoms with E-state index in [9.17, 15) is 0 Å². The maximum atomic E-state index is 9.13. The molecule has 2 amide bonds. The molecule has 0 aromatic heterocycles. The van der Waals surface area contributed by atoms with Crippen molar-refractivity contribution in [3.05, 3.63) is 0 Å². The van der Waals surface area contributed by atoms with Gasteiger partial charge in [-0.25, -0.2) is 10.6 Å². The Kier molecular flexibility index (Phi) is 8.56. The van der Waals surface area contributed by atoms with Crippen LogP contribution in [-0.2, 0) is 0 Å². The second-order valence-electron chi connectivity index (χ2n) is 0.788. The maximum absolute atomic E-state index is 9.13. The number of primary amides is 1. The Morgan fingerprint density at radius 1 is 1.56 bits per heavy atom. The highest BCUT2D eigenvalue weighted by Gasteiger charge is 1.77. The highest BCUT2D eigenvalue weighted by Crippen LogP contribution is 1.60. The van der Waals surface area contributed by atoms with E-state index in [0.717, 1.165) is 0 Å². The fourth-order valence-electron chi connectivity index (χ4n) is 0. The van der Waals surface area contributed by atoms with Gasteiger partial charge >= 0.3 is 6.09 Å². The molecular formula is C2H7N3O3S. The molecule has 6 N–H and O–H groups in total. The first-order valence-corrected chi connectivity index (χ1v) is 2.13. The quantitative estimate of drug-likeness (QED) is 0.134. The number of carbonyl (C=O) groups is 2. The summed E-state index contributed by atoms with van der Waals surface area (Å²) in [5, 5.41) is 6.85. The second-order valence-corrected chi connectivity index (χ2v) is 1.23. The number of nitrogens with one attached hydrogen (secondary N) is 1. The van der Waals surface area contributed by atoms with E-state index in [1.54, 1.807) is 0 Å². The number of carboxylic acid groups (broad SMARTS) is 1. The van der Waals surface area contributed by atoms with Gasteiger partial charge in [-0.15, -0.1) is 0 Å². The van der Waals surface area contributed by atoms with Crippen LogP contribution in [0, 0.1) is 0 Å². The summed E-state index contributed by atoms with van der Waals surface area (Å²) in [6.45, 7) is 0. The van der Waals surface area contributed by atoms with E-state index < -0.39 is 11.3 Å². The van der Waals surface area contributed by atoms with E-state index in [4.69, 9.17) is 14.7 Å². The van der Waals surface area contributed by atoms with Crippen molar-refractivity contribution in [1.82, 2.24) is 5.43 Å². The van der Waals surface area contributed by atoms with Crippen LogP contribution < -0.4 is 17.0 Å². The van der Waals surface area contributed by atoms with E-state index in [1.165, 1.54) is 5.43 Å². The van der Waals surface area contributed by atoms with Gasteiger partial charge in [-0.3, -0.25) is 10.2 Å². The number of rotatable bonds is 0. The van der Waals surface area contributed by atoms with Gasteiger partial charge in [-0.1, -0.05) is 12.6 Å². The zero-order valence-electron chi connectivity index (χ0n) is 4.37. The molecule has 7 heteroatoms. The van der Waals surface area contributed by atoms with Gasteiger partial charge in [0.25, 0.3) is 5.24 Å². The highest BCUT2D eigenvalue weighted by atomic mass is 32.1. The summed E-state index contributed by atoms with van der Waals surface area (Å²) in [5.41, 5.74) is 5.78. The Balaban J connectivity index is 0. The van der Waals surface area contributed by atoms with Crippen LogP contribution >= 0.6 is 12.6 Å². The van der Waals surface area contributed by atoms with Crippen molar-refractivity contribution < 1.29 is 14.7 Å². The first-order chi connectivity index (χ1) is 4.00. The number of thiol groups is 1. The summed E-state index contributed by atoms with van der Waals surface area (Å²) in [6, 6.07) is 0. The number of amides is 2. The maximum Gasteiger partial charge on any atom is 0.418 e. The lowest BCUT2D eigenvalue weighted by atomic mass is 11.3. The first kappa shape index (κ1) is 10.9. The molecule has 0 spiro atoms. The van der Waals surface area contributed by atoms with Crippen LogP contribution in [0.4, 0.5) is 9.59 Å². The van der Waals surface area contributed by atoms with Crippen molar-refractivity contribution in [3.63, 3.8) is 0 Å². The van der Waals surface area contributed by atoms with Crippen LogP contribution in [-0.4, -0.2) is 16.4 Å². The minimum absolute atomic E-state index is 0.639. The summed E-state index contributed by atoms with van der Waals surface area (Å²) in [5.74, 6) is 4.32. The minimum atomic E-state index is -1.22. The monoisotopic (exact) mass is 153 g/mol. The third-order valence-corrected chi connectivity index (χ3v) is 0.123. The predicted molar refractivity (Wildman–Crippen MR) is 33.9 cm³/mol. The average Bonchev–Trinajstić information content (AvgIpc) is 1.65. The van der Waals surface area contributed by atoms with Crippen molar-refractivity contribution in [1.29, 1.82) is 0 Å². The van der Waals surface area contributed by atoms with Crippen LogP contribution in [0.2, 0.25) is 0 Å². The largest absolute Gasteiger partial charge is 0.464 e. The molecule has 0 saturated heterocycles. The molecule has 9 heavy (non-hydrogen) atoms. The van der Waals surface area contributed by atoms with Crippen molar-refractivity contribution in [2.45, 2.75) is 0 Å². The molecule has 0 saturated carbocycles. The van der Waals surface area contributed by atoms with Gasteiger partial charge in [0.05, 0.1) is 0 Å². The van der Waals surface area contributed by atoms with Gasteiger partial charge in [0, 0.05) is 0 Å². The summed E-state index contributed by atoms with van der Waals surface area (Å²) >= 11 is 3.10. The van der Waals surface area contributed by atoms with E-state index in [0.29, 0.717) is 0 Å². The SMILES string of the molecule is NC(=O)S.NNC(=O)O. The van der Waals surface area contributed by atoms with Crippen molar-refractivity contribution >= 4 is 24.0 Å². The third kappa shape index (κ3) is 163. The minimum Gasteiger partial charge on any atom is -0.464 e. The molecule has 0 aliphatic rings. The number of carbonyl (C=O) groups excluding carboxylic acids is 1. The van der Waals surface area contributed by atoms with Gasteiger partial charge < -0.3 is 10.8 Å². The molecule has 6 nitrogen and oxygen atoms in total. The molecule has 0 aromatic carbocycles. The van der Waals surface area contributed by atoms with E-state index >= 15 is 0 Å². The Morgan fingerprint density at radius 2 is 1.67 bits per heavy atom. The topological polar surface area (TPSA) is 118 Å². The molecule has 0 atom stereocenters. The molecule has 0 fully saturated rings. The molecule has 0 aromatic rings. The highest BCUT2D eigenvalue weighted by molar-refractivity contribution is 7.96. The van der Waals surface area contributed by atoms with Crippen LogP contribution in [0.15, 0.2) is 0 Å². The van der Waals surface area contributed by atoms with Gasteiger partial charge in [0.15, 0.2) is 0 Å². The van der Waals surface area contributed by atoms with Crippen LogP contribution in [0.1, 0.15) is 0 Å². The summed E-state index contributed by atoms with van der Waals surface area (Å²) in [4.78, 5) is 18.2. The summed E-state index contributed by atoms with van der Waals surface area (Å²) in [7, 11) is 0. The van der Waals surface area contributed by atoms with Crippen LogP contribution in [0.3, 0.4) is 0 Å². The summed E-state index contributed by atoms with van der Waals surface area (Å²) in [6.07, 6.45) is -1.22. The Morgan fingerprint density at radius 3 is 1.67 bits per heavy atom. The molecule has 54 valence electrons. The Hall–Kier alpha value is -0.950. The smallest absolute Gasteiger partial charge is 0.418 e. The molecule has 0 aliphatic heterocycles. The molecule has 0 heterocycles. The predicted octanol–water partition coefficient (Wildman–Crippen LogP) is -0.877. The van der Waals surface area contributed by atoms with Gasteiger partial charge in [0.1, 0.15) is 0 Å². The lowest BCUT2D eigenvalue weighted by Crippen LogP contribution is -2.27. The number of hydrogen-bond acceptors (Lipinski definition) is 3. The fourth-order valence-corrected chi connectivity index (χ4v) is 0. The van der Waals surface area contributed by atoms with Crippen molar-refractivity contribution in [2.75, 3.05) is 0 Å². The molecular weight excluding hydrogens is 146 g/mol. The lowest BCUT2D eigenvalue weighted by molar-refractivity contribution is 0.194. The number of hydrazine groups is 1. The van der Waals surface area contributed by atoms with Gasteiger partial charge in [-0.05, 0) is 0 Å². The second kappa shape index (κ2) is 7.05. The van der Waals surface area contributed by atoms with Crippen molar-refractivity contribution in [2.24, 2.45) is 11.6 Å². The van der Waals surface area contributed by atoms with Gasteiger partial charge in [-0.2, -0.15) is 0 Å². The van der Waals surface area contributed by atoms with Crippen LogP contribution in [0.25, 0.3) is 0 Å². The molecule has 0 rings (SSSR count). The first-order valence-electron chi connectivity index (χ1n) is 1.68. The summed E-state index contributed by atoms with van der Waals surface area (Å²) < 4.78 is 0. The van der Waals surface area contributed by atoms with E-state index in [1.807, 2.05) is 0 Å². The average molecular weight is 153 g/mol. The Bertz CT molecular complexity index is 101. The molecule has 0 unspecified atom stereocenters. The third-order valence-electron chi connectivity index (χ3n) is 0.123. The van der Waals surface area contributed by atoms with Crippen molar-refractivity contribution in [3.8, 4) is 0 Å². The zero-order chi connectivity index (χ0) is 7.86. The molecule has 0 aliphatic carbocycles. The van der Waals surface area contributed by atoms with Crippen LogP contribution in [0.5, 0.6) is 0 Å². The Labute approximate surface area is 56.6 Å². The zero-order valence-corrected chi connectivity index (χ0v) is 5.26. The standard InChI is InChI=1S/CH4N2O2.CH3NOS/c2-3-1(4)5;2-1(3)4/h3H,2H2,(H,4,5);(H3,2,3,4). The lowest BCUT2D eigenvalue weighted by Gasteiger charge is -1.79. The molecule has 0 bridgehead atoms. The molecule has 0 radical (unpaired) electrons. The van der Waals surface area contributed by atoms with E-state index in [2.05, 4.69) is 24.2 Å². The normalized spacial score (nSPS) is 6.44. The fraction of sp³-hybridized carbons (Fsp3) is 0. The number of nitrogens with two attached hydrogens (primary N) is 2. The van der Waals surface area contributed by atoms with Gasteiger partial charge in [0.2, 0.25) is 0 Å². The van der Waals surface area contributed by atoms with E-state index in [-0.39, 0.29) is 0 Å².